The van der Waals surface area contributed by atoms with E-state index in [4.69, 9.17) is 5.73 Å². The van der Waals surface area contributed by atoms with Crippen molar-refractivity contribution in [3.63, 3.8) is 0 Å². The third-order valence-corrected chi connectivity index (χ3v) is 4.55. The number of amides is 3. The van der Waals surface area contributed by atoms with E-state index in [0.29, 0.717) is 13.0 Å². The number of primary amides is 1. The Morgan fingerprint density at radius 2 is 1.67 bits per heavy atom. The lowest BCUT2D eigenvalue weighted by atomic mass is 10.0. The van der Waals surface area contributed by atoms with Crippen molar-refractivity contribution >= 4 is 17.7 Å². The van der Waals surface area contributed by atoms with Crippen molar-refractivity contribution in [3.05, 3.63) is 35.9 Å². The van der Waals surface area contributed by atoms with Gasteiger partial charge in [-0.15, -0.1) is 0 Å². The van der Waals surface area contributed by atoms with E-state index in [1.807, 2.05) is 37.3 Å². The lowest BCUT2D eigenvalue weighted by Crippen LogP contribution is -2.47. The molecule has 0 saturated carbocycles. The van der Waals surface area contributed by atoms with Gasteiger partial charge in [-0.3, -0.25) is 14.4 Å². The normalized spacial score (nSPS) is 12.8. The van der Waals surface area contributed by atoms with Gasteiger partial charge in [0.05, 0.1) is 6.42 Å². The molecule has 0 aliphatic heterocycles. The standard InChI is InChI=1S/C21H33N3O3/c1-3-4-5-6-10-13-19(25)24-18(21(22)27)14-20(26)23-15-16(2)17-11-8-7-9-12-17/h7-9,11-12,16,18H,3-6,10,13-15H2,1-2H3,(H2,22,27)(H,23,26)(H,24,25). The summed E-state index contributed by atoms with van der Waals surface area (Å²) in [5.41, 5.74) is 6.47. The number of carbonyl (C=O) groups is 3. The molecule has 0 heterocycles. The smallest absolute Gasteiger partial charge is 0.240 e. The summed E-state index contributed by atoms with van der Waals surface area (Å²) in [6.07, 6.45) is 5.38. The van der Waals surface area contributed by atoms with Crippen LogP contribution in [-0.4, -0.2) is 30.3 Å². The summed E-state index contributed by atoms with van der Waals surface area (Å²) in [4.78, 5) is 35.7. The van der Waals surface area contributed by atoms with Crippen molar-refractivity contribution in [3.8, 4) is 0 Å². The molecule has 0 spiro atoms. The van der Waals surface area contributed by atoms with Crippen LogP contribution in [0, 0.1) is 0 Å². The van der Waals surface area contributed by atoms with Crippen LogP contribution in [-0.2, 0) is 14.4 Å². The molecule has 1 aromatic carbocycles. The molecule has 27 heavy (non-hydrogen) atoms. The fraction of sp³-hybridized carbons (Fsp3) is 0.571. The van der Waals surface area contributed by atoms with Crippen LogP contribution in [0.15, 0.2) is 30.3 Å². The second-order valence-corrected chi connectivity index (χ2v) is 7.01. The molecule has 1 aromatic rings. The first-order valence-electron chi connectivity index (χ1n) is 9.84. The molecular weight excluding hydrogens is 342 g/mol. The summed E-state index contributed by atoms with van der Waals surface area (Å²) in [5, 5.41) is 5.39. The fourth-order valence-electron chi connectivity index (χ4n) is 2.80. The molecule has 0 fully saturated rings. The van der Waals surface area contributed by atoms with E-state index in [-0.39, 0.29) is 24.2 Å². The van der Waals surface area contributed by atoms with E-state index in [9.17, 15) is 14.4 Å². The number of benzene rings is 1. The highest BCUT2D eigenvalue weighted by Gasteiger charge is 2.21. The van der Waals surface area contributed by atoms with Crippen LogP contribution >= 0.6 is 0 Å². The molecule has 150 valence electrons. The van der Waals surface area contributed by atoms with Crippen molar-refractivity contribution < 1.29 is 14.4 Å². The first kappa shape index (κ1) is 22.7. The number of hydrogen-bond donors (Lipinski definition) is 3. The number of nitrogens with one attached hydrogen (secondary N) is 2. The second kappa shape index (κ2) is 12.9. The summed E-state index contributed by atoms with van der Waals surface area (Å²) in [5.74, 6) is -1.08. The Bertz CT molecular complexity index is 590. The molecular formula is C21H33N3O3. The molecule has 0 aliphatic carbocycles. The van der Waals surface area contributed by atoms with Gasteiger partial charge in [0.1, 0.15) is 6.04 Å². The summed E-state index contributed by atoms with van der Waals surface area (Å²) in [7, 11) is 0. The highest BCUT2D eigenvalue weighted by Crippen LogP contribution is 2.13. The van der Waals surface area contributed by atoms with Gasteiger partial charge in [-0.25, -0.2) is 0 Å². The predicted molar refractivity (Wildman–Crippen MR) is 107 cm³/mol. The molecule has 1 rings (SSSR count). The predicted octanol–water partition coefficient (Wildman–Crippen LogP) is 2.63. The van der Waals surface area contributed by atoms with Gasteiger partial charge in [-0.2, -0.15) is 0 Å². The monoisotopic (exact) mass is 375 g/mol. The molecule has 3 amide bonds. The molecule has 0 aliphatic rings. The minimum Gasteiger partial charge on any atom is -0.368 e. The molecule has 0 saturated heterocycles. The Morgan fingerprint density at radius 3 is 2.30 bits per heavy atom. The van der Waals surface area contributed by atoms with Gasteiger partial charge in [0.2, 0.25) is 17.7 Å². The number of unbranched alkanes of at least 4 members (excludes halogenated alkanes) is 4. The van der Waals surface area contributed by atoms with Crippen molar-refractivity contribution in [1.29, 1.82) is 0 Å². The molecule has 4 N–H and O–H groups in total. The zero-order valence-electron chi connectivity index (χ0n) is 16.5. The zero-order chi connectivity index (χ0) is 20.1. The number of hydrogen-bond acceptors (Lipinski definition) is 3. The lowest BCUT2D eigenvalue weighted by Gasteiger charge is -2.17. The lowest BCUT2D eigenvalue weighted by molar-refractivity contribution is -0.130. The molecule has 2 atom stereocenters. The van der Waals surface area contributed by atoms with Crippen LogP contribution in [0.3, 0.4) is 0 Å². The van der Waals surface area contributed by atoms with Crippen LogP contribution in [0.5, 0.6) is 0 Å². The highest BCUT2D eigenvalue weighted by atomic mass is 16.2. The van der Waals surface area contributed by atoms with E-state index in [0.717, 1.165) is 37.7 Å². The van der Waals surface area contributed by atoms with Crippen molar-refractivity contribution in [2.45, 2.75) is 70.8 Å². The van der Waals surface area contributed by atoms with E-state index in [2.05, 4.69) is 17.6 Å². The van der Waals surface area contributed by atoms with E-state index < -0.39 is 11.9 Å². The maximum Gasteiger partial charge on any atom is 0.240 e. The highest BCUT2D eigenvalue weighted by molar-refractivity contribution is 5.91. The Balaban J connectivity index is 2.36. The number of rotatable bonds is 13. The number of carbonyl (C=O) groups excluding carboxylic acids is 3. The van der Waals surface area contributed by atoms with Gasteiger partial charge >= 0.3 is 0 Å². The van der Waals surface area contributed by atoms with Crippen LogP contribution in [0.1, 0.15) is 70.3 Å². The summed E-state index contributed by atoms with van der Waals surface area (Å²) < 4.78 is 0. The molecule has 6 heteroatoms. The van der Waals surface area contributed by atoms with Crippen LogP contribution in [0.2, 0.25) is 0 Å². The van der Waals surface area contributed by atoms with Gasteiger partial charge in [-0.05, 0) is 17.9 Å². The maximum atomic E-state index is 12.1. The average molecular weight is 376 g/mol. The quantitative estimate of drug-likeness (QED) is 0.462. The number of nitrogens with two attached hydrogens (primary N) is 1. The first-order chi connectivity index (χ1) is 12.9. The third kappa shape index (κ3) is 9.78. The summed E-state index contributed by atoms with van der Waals surface area (Å²) in [6, 6.07) is 8.88. The minimum absolute atomic E-state index is 0.140. The zero-order valence-corrected chi connectivity index (χ0v) is 16.5. The largest absolute Gasteiger partial charge is 0.368 e. The Labute approximate surface area is 162 Å². The van der Waals surface area contributed by atoms with Gasteiger partial charge in [-0.1, -0.05) is 69.9 Å². The molecule has 0 aromatic heterocycles. The third-order valence-electron chi connectivity index (χ3n) is 4.55. The van der Waals surface area contributed by atoms with Gasteiger partial charge in [0.15, 0.2) is 0 Å². The molecule has 0 bridgehead atoms. The van der Waals surface area contributed by atoms with Crippen LogP contribution in [0.4, 0.5) is 0 Å². The van der Waals surface area contributed by atoms with Crippen LogP contribution < -0.4 is 16.4 Å². The Hall–Kier alpha value is -2.37. The van der Waals surface area contributed by atoms with Crippen molar-refractivity contribution in [2.24, 2.45) is 5.73 Å². The summed E-state index contributed by atoms with van der Waals surface area (Å²) in [6.45, 7) is 4.61. The SMILES string of the molecule is CCCCCCCC(=O)NC(CC(=O)NCC(C)c1ccccc1)C(N)=O. The van der Waals surface area contributed by atoms with Gasteiger partial charge in [0, 0.05) is 13.0 Å². The maximum absolute atomic E-state index is 12.1. The van der Waals surface area contributed by atoms with Gasteiger partial charge < -0.3 is 16.4 Å². The van der Waals surface area contributed by atoms with E-state index in [1.54, 1.807) is 0 Å². The second-order valence-electron chi connectivity index (χ2n) is 7.01. The molecule has 2 unspecified atom stereocenters. The van der Waals surface area contributed by atoms with E-state index >= 15 is 0 Å². The Kier molecular flexibility index (Phi) is 10.8. The van der Waals surface area contributed by atoms with Gasteiger partial charge in [0.25, 0.3) is 0 Å². The fourth-order valence-corrected chi connectivity index (χ4v) is 2.80. The van der Waals surface area contributed by atoms with Crippen molar-refractivity contribution in [1.82, 2.24) is 10.6 Å². The van der Waals surface area contributed by atoms with Crippen LogP contribution in [0.25, 0.3) is 0 Å². The van der Waals surface area contributed by atoms with E-state index in [1.165, 1.54) is 0 Å². The average Bonchev–Trinajstić information content (AvgIpc) is 2.66. The minimum atomic E-state index is -0.972. The summed E-state index contributed by atoms with van der Waals surface area (Å²) >= 11 is 0. The first-order valence-corrected chi connectivity index (χ1v) is 9.84. The molecule has 6 nitrogen and oxygen atoms in total. The topological polar surface area (TPSA) is 101 Å². The van der Waals surface area contributed by atoms with Crippen molar-refractivity contribution in [2.75, 3.05) is 6.54 Å². The molecule has 0 radical (unpaired) electrons. The Morgan fingerprint density at radius 1 is 1.00 bits per heavy atom.